The fourth-order valence-corrected chi connectivity index (χ4v) is 2.08. The summed E-state index contributed by atoms with van der Waals surface area (Å²) in [4.78, 5) is 41.8. The molecule has 0 spiro atoms. The number of nitro groups is 3. The number of hydrogen-bond acceptors (Lipinski definition) is 8. The molecule has 0 aromatic heterocycles. The average molecular weight is 346 g/mol. The molecule has 25 heavy (non-hydrogen) atoms. The molecule has 0 aliphatic carbocycles. The summed E-state index contributed by atoms with van der Waals surface area (Å²) in [5.41, 5.74) is -2.46. The van der Waals surface area contributed by atoms with Gasteiger partial charge in [0, 0.05) is 11.3 Å². The lowest BCUT2D eigenvalue weighted by molar-refractivity contribution is -0.401. The summed E-state index contributed by atoms with van der Waals surface area (Å²) in [6.45, 7) is 1.32. The van der Waals surface area contributed by atoms with Crippen LogP contribution in [0.4, 0.5) is 28.4 Å². The third-order valence-electron chi connectivity index (χ3n) is 3.22. The van der Waals surface area contributed by atoms with E-state index in [0.29, 0.717) is 12.1 Å². The molecule has 0 unspecified atom stereocenters. The minimum atomic E-state index is -0.961. The normalized spacial score (nSPS) is 10.1. The molecule has 0 aliphatic rings. The van der Waals surface area contributed by atoms with E-state index in [9.17, 15) is 35.1 Å². The summed E-state index contributed by atoms with van der Waals surface area (Å²) < 4.78 is 0. The number of rotatable bonds is 6. The van der Waals surface area contributed by atoms with Crippen molar-refractivity contribution in [1.29, 1.82) is 0 Å². The molecule has 0 amide bonds. The zero-order chi connectivity index (χ0) is 18.7. The highest BCUT2D eigenvalue weighted by Gasteiger charge is 2.30. The Hall–Kier alpha value is -3.89. The number of hydrogen-bond donors (Lipinski definition) is 1. The Bertz CT molecular complexity index is 875. The molecule has 0 aliphatic heterocycles. The van der Waals surface area contributed by atoms with Gasteiger partial charge in [0.25, 0.3) is 5.69 Å². The Balaban J connectivity index is 2.64. The number of nitrogens with one attached hydrogen (secondary N) is 1. The number of ketones is 1. The van der Waals surface area contributed by atoms with Gasteiger partial charge in [-0.1, -0.05) is 12.1 Å². The largest absolute Gasteiger partial charge is 0.344 e. The highest BCUT2D eigenvalue weighted by atomic mass is 16.6. The Labute approximate surface area is 139 Å². The molecule has 11 heteroatoms. The van der Waals surface area contributed by atoms with Crippen LogP contribution in [0.25, 0.3) is 0 Å². The summed E-state index contributed by atoms with van der Waals surface area (Å²) in [6.07, 6.45) is 0. The average Bonchev–Trinajstić information content (AvgIpc) is 2.54. The standard InChI is InChI=1S/C14H10N4O7/c1-8(19)9-3-2-4-10(5-9)15-14-12(17(22)23)6-11(16(20)21)7-13(14)18(24)25/h2-7,15H,1H3. The van der Waals surface area contributed by atoms with Crippen LogP contribution >= 0.6 is 0 Å². The molecule has 0 radical (unpaired) electrons. The Morgan fingerprint density at radius 1 is 0.920 bits per heavy atom. The van der Waals surface area contributed by atoms with Crippen LogP contribution in [0.3, 0.4) is 0 Å². The fourth-order valence-electron chi connectivity index (χ4n) is 2.08. The first-order chi connectivity index (χ1) is 11.7. The van der Waals surface area contributed by atoms with E-state index in [2.05, 4.69) is 5.32 Å². The van der Waals surface area contributed by atoms with Crippen molar-refractivity contribution in [2.45, 2.75) is 6.92 Å². The van der Waals surface area contributed by atoms with Gasteiger partial charge in [0.15, 0.2) is 11.5 Å². The summed E-state index contributed by atoms with van der Waals surface area (Å²) in [5.74, 6) is -0.267. The Kier molecular flexibility index (Phi) is 4.68. The van der Waals surface area contributed by atoms with Crippen LogP contribution in [0, 0.1) is 30.3 Å². The SMILES string of the molecule is CC(=O)c1cccc(Nc2c([N+](=O)[O-])cc([N+](=O)[O-])cc2[N+](=O)[O-])c1. The van der Waals surface area contributed by atoms with E-state index < -0.39 is 37.5 Å². The molecule has 0 heterocycles. The number of anilines is 2. The predicted molar refractivity (Wildman–Crippen MR) is 86.1 cm³/mol. The summed E-state index contributed by atoms with van der Waals surface area (Å²) in [6, 6.07) is 7.06. The molecule has 1 N–H and O–H groups in total. The number of non-ortho nitro benzene ring substituents is 1. The van der Waals surface area contributed by atoms with Crippen LogP contribution in [0.5, 0.6) is 0 Å². The van der Waals surface area contributed by atoms with Crippen molar-refractivity contribution < 1.29 is 19.6 Å². The lowest BCUT2D eigenvalue weighted by atomic mass is 10.1. The van der Waals surface area contributed by atoms with Gasteiger partial charge < -0.3 is 5.32 Å². The number of carbonyl (C=O) groups excluding carboxylic acids is 1. The van der Waals surface area contributed by atoms with Crippen LogP contribution < -0.4 is 5.32 Å². The van der Waals surface area contributed by atoms with Gasteiger partial charge in [-0.2, -0.15) is 0 Å². The molecule has 0 saturated heterocycles. The molecule has 2 rings (SSSR count). The van der Waals surface area contributed by atoms with Gasteiger partial charge >= 0.3 is 11.4 Å². The summed E-state index contributed by atoms with van der Waals surface area (Å²) >= 11 is 0. The topological polar surface area (TPSA) is 159 Å². The van der Waals surface area contributed by atoms with Crippen LogP contribution in [-0.4, -0.2) is 20.6 Å². The quantitative estimate of drug-likeness (QED) is 0.473. The fraction of sp³-hybridized carbons (Fsp3) is 0.0714. The van der Waals surface area contributed by atoms with Crippen LogP contribution in [0.15, 0.2) is 36.4 Å². The molecule has 11 nitrogen and oxygen atoms in total. The summed E-state index contributed by atoms with van der Waals surface area (Å²) in [7, 11) is 0. The molecular formula is C14H10N4O7. The van der Waals surface area contributed by atoms with Crippen LogP contribution in [0.1, 0.15) is 17.3 Å². The van der Waals surface area contributed by atoms with E-state index >= 15 is 0 Å². The predicted octanol–water partition coefficient (Wildman–Crippen LogP) is 3.36. The zero-order valence-electron chi connectivity index (χ0n) is 12.7. The lowest BCUT2D eigenvalue weighted by Crippen LogP contribution is -2.04. The number of carbonyl (C=O) groups is 1. The van der Waals surface area contributed by atoms with Gasteiger partial charge in [0.05, 0.1) is 26.9 Å². The van der Waals surface area contributed by atoms with Crippen molar-refractivity contribution in [2.24, 2.45) is 0 Å². The van der Waals surface area contributed by atoms with E-state index in [4.69, 9.17) is 0 Å². The third kappa shape index (κ3) is 3.72. The van der Waals surface area contributed by atoms with Crippen molar-refractivity contribution in [3.8, 4) is 0 Å². The van der Waals surface area contributed by atoms with Crippen LogP contribution in [0.2, 0.25) is 0 Å². The van der Waals surface area contributed by atoms with Crippen molar-refractivity contribution in [1.82, 2.24) is 0 Å². The zero-order valence-corrected chi connectivity index (χ0v) is 12.7. The molecule has 0 saturated carbocycles. The van der Waals surface area contributed by atoms with Gasteiger partial charge in [-0.3, -0.25) is 35.1 Å². The first-order valence-electron chi connectivity index (χ1n) is 6.70. The highest BCUT2D eigenvalue weighted by molar-refractivity contribution is 5.95. The molecule has 128 valence electrons. The Morgan fingerprint density at radius 3 is 1.92 bits per heavy atom. The van der Waals surface area contributed by atoms with E-state index in [1.165, 1.54) is 31.2 Å². The molecule has 0 fully saturated rings. The van der Waals surface area contributed by atoms with E-state index in [1.807, 2.05) is 0 Å². The van der Waals surface area contributed by atoms with Gasteiger partial charge in [0.2, 0.25) is 0 Å². The second-order valence-corrected chi connectivity index (χ2v) is 4.89. The van der Waals surface area contributed by atoms with Crippen molar-refractivity contribution in [3.05, 3.63) is 72.3 Å². The minimum absolute atomic E-state index is 0.188. The molecular weight excluding hydrogens is 336 g/mol. The van der Waals surface area contributed by atoms with E-state index in [-0.39, 0.29) is 17.0 Å². The smallest absolute Gasteiger partial charge is 0.306 e. The number of benzene rings is 2. The monoisotopic (exact) mass is 346 g/mol. The van der Waals surface area contributed by atoms with Gasteiger partial charge in [-0.15, -0.1) is 0 Å². The lowest BCUT2D eigenvalue weighted by Gasteiger charge is -2.09. The number of nitrogens with zero attached hydrogens (tertiary/aromatic N) is 3. The van der Waals surface area contributed by atoms with Crippen LogP contribution in [-0.2, 0) is 0 Å². The van der Waals surface area contributed by atoms with Crippen molar-refractivity contribution >= 4 is 34.2 Å². The highest BCUT2D eigenvalue weighted by Crippen LogP contribution is 2.40. The van der Waals surface area contributed by atoms with E-state index in [0.717, 1.165) is 0 Å². The maximum atomic E-state index is 11.4. The molecule has 2 aromatic carbocycles. The number of Topliss-reactive ketones (excluding diaryl/α,β-unsaturated/α-hetero) is 1. The summed E-state index contributed by atoms with van der Waals surface area (Å²) in [5, 5.41) is 35.8. The van der Waals surface area contributed by atoms with E-state index in [1.54, 1.807) is 0 Å². The Morgan fingerprint density at radius 2 is 1.48 bits per heavy atom. The maximum Gasteiger partial charge on any atom is 0.306 e. The molecule has 0 atom stereocenters. The van der Waals surface area contributed by atoms with Gasteiger partial charge in [0.1, 0.15) is 0 Å². The number of nitro benzene ring substituents is 3. The van der Waals surface area contributed by atoms with Crippen molar-refractivity contribution in [3.63, 3.8) is 0 Å². The maximum absolute atomic E-state index is 11.4. The first-order valence-corrected chi connectivity index (χ1v) is 6.70. The van der Waals surface area contributed by atoms with Gasteiger partial charge in [-0.25, -0.2) is 0 Å². The molecule has 0 bridgehead atoms. The first kappa shape index (κ1) is 17.5. The molecule has 2 aromatic rings. The van der Waals surface area contributed by atoms with Gasteiger partial charge in [-0.05, 0) is 19.1 Å². The third-order valence-corrected chi connectivity index (χ3v) is 3.22. The minimum Gasteiger partial charge on any atom is -0.344 e. The second-order valence-electron chi connectivity index (χ2n) is 4.89. The van der Waals surface area contributed by atoms with Crippen molar-refractivity contribution in [2.75, 3.05) is 5.32 Å². The second kappa shape index (κ2) is 6.70.